The number of hydrogen-bond donors (Lipinski definition) is 2. The van der Waals surface area contributed by atoms with Crippen LogP contribution in [-0.4, -0.2) is 33.5 Å². The third kappa shape index (κ3) is 5.89. The van der Waals surface area contributed by atoms with Crippen LogP contribution in [0.15, 0.2) is 18.2 Å². The van der Waals surface area contributed by atoms with E-state index in [2.05, 4.69) is 12.2 Å². The molecule has 0 unspecified atom stereocenters. The summed E-state index contributed by atoms with van der Waals surface area (Å²) in [6, 6.07) is 5.93. The van der Waals surface area contributed by atoms with Crippen LogP contribution in [0, 0.1) is 6.92 Å². The lowest BCUT2D eigenvalue weighted by molar-refractivity contribution is 0.0691. The SMILES string of the molecule is COCCOCCCCNc1cc(N)ccc1C. The maximum Gasteiger partial charge on any atom is 0.0700 e. The van der Waals surface area contributed by atoms with Crippen molar-refractivity contribution in [1.82, 2.24) is 0 Å². The Labute approximate surface area is 109 Å². The molecule has 0 spiro atoms. The van der Waals surface area contributed by atoms with E-state index in [1.54, 1.807) is 7.11 Å². The van der Waals surface area contributed by atoms with Gasteiger partial charge in [0, 0.05) is 31.6 Å². The number of unbranched alkanes of at least 4 members (excludes halogenated alkanes) is 1. The van der Waals surface area contributed by atoms with Gasteiger partial charge in [-0.1, -0.05) is 6.07 Å². The van der Waals surface area contributed by atoms with Gasteiger partial charge in [0.2, 0.25) is 0 Å². The molecule has 4 nitrogen and oxygen atoms in total. The Kier molecular flexibility index (Phi) is 7.22. The fraction of sp³-hybridized carbons (Fsp3) is 0.571. The molecule has 0 amide bonds. The Morgan fingerprint density at radius 3 is 2.78 bits per heavy atom. The van der Waals surface area contributed by atoms with E-state index < -0.39 is 0 Å². The summed E-state index contributed by atoms with van der Waals surface area (Å²) in [7, 11) is 1.68. The first-order chi connectivity index (χ1) is 8.74. The molecular weight excluding hydrogens is 228 g/mol. The highest BCUT2D eigenvalue weighted by Crippen LogP contribution is 2.17. The van der Waals surface area contributed by atoms with Crippen molar-refractivity contribution >= 4 is 11.4 Å². The molecule has 0 fully saturated rings. The van der Waals surface area contributed by atoms with E-state index in [0.29, 0.717) is 13.2 Å². The van der Waals surface area contributed by atoms with E-state index in [1.807, 2.05) is 18.2 Å². The van der Waals surface area contributed by atoms with Crippen molar-refractivity contribution in [3.63, 3.8) is 0 Å². The van der Waals surface area contributed by atoms with Gasteiger partial charge in [-0.3, -0.25) is 0 Å². The van der Waals surface area contributed by atoms with Gasteiger partial charge in [-0.05, 0) is 37.5 Å². The predicted molar refractivity (Wildman–Crippen MR) is 76.0 cm³/mol. The van der Waals surface area contributed by atoms with Crippen LogP contribution in [0.25, 0.3) is 0 Å². The highest BCUT2D eigenvalue weighted by atomic mass is 16.5. The molecule has 1 aromatic rings. The Morgan fingerprint density at radius 1 is 1.17 bits per heavy atom. The lowest BCUT2D eigenvalue weighted by Crippen LogP contribution is -2.07. The maximum atomic E-state index is 5.75. The van der Waals surface area contributed by atoms with Gasteiger partial charge in [0.1, 0.15) is 0 Å². The molecule has 1 aromatic carbocycles. The van der Waals surface area contributed by atoms with E-state index >= 15 is 0 Å². The molecule has 0 radical (unpaired) electrons. The van der Waals surface area contributed by atoms with Gasteiger partial charge in [-0.2, -0.15) is 0 Å². The van der Waals surface area contributed by atoms with Crippen LogP contribution in [0.2, 0.25) is 0 Å². The van der Waals surface area contributed by atoms with Crippen LogP contribution >= 0.6 is 0 Å². The number of nitrogen functional groups attached to an aromatic ring is 1. The number of rotatable bonds is 9. The normalized spacial score (nSPS) is 10.6. The first-order valence-electron chi connectivity index (χ1n) is 6.40. The molecule has 0 saturated heterocycles. The second kappa shape index (κ2) is 8.78. The lowest BCUT2D eigenvalue weighted by atomic mass is 10.2. The molecule has 0 aromatic heterocycles. The van der Waals surface area contributed by atoms with Crippen molar-refractivity contribution in [2.75, 3.05) is 44.5 Å². The highest BCUT2D eigenvalue weighted by Gasteiger charge is 1.97. The predicted octanol–water partition coefficient (Wildman–Crippen LogP) is 2.43. The van der Waals surface area contributed by atoms with Crippen molar-refractivity contribution in [1.29, 1.82) is 0 Å². The Balaban J connectivity index is 2.09. The van der Waals surface area contributed by atoms with Crippen molar-refractivity contribution < 1.29 is 9.47 Å². The zero-order chi connectivity index (χ0) is 13.2. The van der Waals surface area contributed by atoms with Gasteiger partial charge in [0.05, 0.1) is 13.2 Å². The average Bonchev–Trinajstić information content (AvgIpc) is 2.36. The summed E-state index contributed by atoms with van der Waals surface area (Å²) in [4.78, 5) is 0. The highest BCUT2D eigenvalue weighted by molar-refractivity contribution is 5.59. The molecule has 0 atom stereocenters. The fourth-order valence-electron chi connectivity index (χ4n) is 1.63. The molecule has 1 rings (SSSR count). The first kappa shape index (κ1) is 14.8. The van der Waals surface area contributed by atoms with Crippen LogP contribution in [0.4, 0.5) is 11.4 Å². The number of hydrogen-bond acceptors (Lipinski definition) is 4. The van der Waals surface area contributed by atoms with E-state index in [0.717, 1.165) is 37.4 Å². The Morgan fingerprint density at radius 2 is 2.00 bits per heavy atom. The quantitative estimate of drug-likeness (QED) is 0.523. The number of nitrogens with one attached hydrogen (secondary N) is 1. The summed E-state index contributed by atoms with van der Waals surface area (Å²) in [5.74, 6) is 0. The van der Waals surface area contributed by atoms with Crippen LogP contribution in [-0.2, 0) is 9.47 Å². The van der Waals surface area contributed by atoms with Gasteiger partial charge in [-0.25, -0.2) is 0 Å². The van der Waals surface area contributed by atoms with Crippen molar-refractivity contribution in [2.45, 2.75) is 19.8 Å². The topological polar surface area (TPSA) is 56.5 Å². The summed E-state index contributed by atoms with van der Waals surface area (Å²) in [5, 5.41) is 3.40. The minimum Gasteiger partial charge on any atom is -0.399 e. The van der Waals surface area contributed by atoms with Crippen molar-refractivity contribution in [2.24, 2.45) is 0 Å². The van der Waals surface area contributed by atoms with Crippen LogP contribution in [0.3, 0.4) is 0 Å². The molecule has 18 heavy (non-hydrogen) atoms. The second-order valence-electron chi connectivity index (χ2n) is 4.31. The van der Waals surface area contributed by atoms with Crippen LogP contribution in [0.5, 0.6) is 0 Å². The Hall–Kier alpha value is -1.26. The van der Waals surface area contributed by atoms with Crippen molar-refractivity contribution in [3.8, 4) is 0 Å². The van der Waals surface area contributed by atoms with Gasteiger partial charge in [0.25, 0.3) is 0 Å². The molecule has 0 aliphatic heterocycles. The van der Waals surface area contributed by atoms with Gasteiger partial charge >= 0.3 is 0 Å². The minimum absolute atomic E-state index is 0.667. The molecule has 0 heterocycles. The molecule has 0 aliphatic carbocycles. The molecule has 0 aliphatic rings. The Bertz CT molecular complexity index is 343. The number of benzene rings is 1. The van der Waals surface area contributed by atoms with E-state index in [4.69, 9.17) is 15.2 Å². The standard InChI is InChI=1S/C14H24N2O2/c1-12-5-6-13(15)11-14(12)16-7-3-4-8-18-10-9-17-2/h5-6,11,16H,3-4,7-10,15H2,1-2H3. The number of aryl methyl sites for hydroxylation is 1. The summed E-state index contributed by atoms with van der Waals surface area (Å²) in [6.45, 7) is 5.16. The largest absolute Gasteiger partial charge is 0.399 e. The smallest absolute Gasteiger partial charge is 0.0700 e. The maximum absolute atomic E-state index is 5.75. The van der Waals surface area contributed by atoms with Crippen LogP contribution < -0.4 is 11.1 Å². The third-order valence-electron chi connectivity index (χ3n) is 2.72. The van der Waals surface area contributed by atoms with E-state index in [1.165, 1.54) is 5.56 Å². The number of nitrogens with two attached hydrogens (primary N) is 1. The van der Waals surface area contributed by atoms with E-state index in [9.17, 15) is 0 Å². The molecule has 0 saturated carbocycles. The van der Waals surface area contributed by atoms with E-state index in [-0.39, 0.29) is 0 Å². The average molecular weight is 252 g/mol. The van der Waals surface area contributed by atoms with Gasteiger partial charge < -0.3 is 20.5 Å². The minimum atomic E-state index is 0.667. The summed E-state index contributed by atoms with van der Waals surface area (Å²) >= 11 is 0. The molecular formula is C14H24N2O2. The first-order valence-corrected chi connectivity index (χ1v) is 6.40. The van der Waals surface area contributed by atoms with Crippen LogP contribution in [0.1, 0.15) is 18.4 Å². The third-order valence-corrected chi connectivity index (χ3v) is 2.72. The summed E-state index contributed by atoms with van der Waals surface area (Å²) in [6.07, 6.45) is 2.14. The summed E-state index contributed by atoms with van der Waals surface area (Å²) in [5.41, 5.74) is 8.89. The molecule has 3 N–H and O–H groups in total. The number of ether oxygens (including phenoxy) is 2. The monoisotopic (exact) mass is 252 g/mol. The molecule has 4 heteroatoms. The molecule has 102 valence electrons. The zero-order valence-electron chi connectivity index (χ0n) is 11.4. The fourth-order valence-corrected chi connectivity index (χ4v) is 1.63. The van der Waals surface area contributed by atoms with Gasteiger partial charge in [0.15, 0.2) is 0 Å². The zero-order valence-corrected chi connectivity index (χ0v) is 11.4. The summed E-state index contributed by atoms with van der Waals surface area (Å²) < 4.78 is 10.3. The molecule has 0 bridgehead atoms. The lowest BCUT2D eigenvalue weighted by Gasteiger charge is -2.10. The van der Waals surface area contributed by atoms with Crippen molar-refractivity contribution in [3.05, 3.63) is 23.8 Å². The second-order valence-corrected chi connectivity index (χ2v) is 4.31. The van der Waals surface area contributed by atoms with Gasteiger partial charge in [-0.15, -0.1) is 0 Å². The number of methoxy groups -OCH3 is 1. The number of anilines is 2.